The predicted octanol–water partition coefficient (Wildman–Crippen LogP) is 0.925. The summed E-state index contributed by atoms with van der Waals surface area (Å²) in [5, 5.41) is 2.72. The van der Waals surface area contributed by atoms with Crippen molar-refractivity contribution in [1.29, 1.82) is 0 Å². The molecule has 6 heteroatoms. The number of carbonyl (C=O) groups excluding carboxylic acids is 1. The number of nitrogens with one attached hydrogen (secondary N) is 1. The number of sulfone groups is 1. The molecule has 2 rings (SSSR count). The Morgan fingerprint density at radius 1 is 1.45 bits per heavy atom. The topological polar surface area (TPSA) is 72.5 Å². The zero-order valence-corrected chi connectivity index (χ0v) is 12.3. The lowest BCUT2D eigenvalue weighted by Crippen LogP contribution is -2.33. The highest BCUT2D eigenvalue weighted by atomic mass is 32.2. The molecule has 0 radical (unpaired) electrons. The third kappa shape index (κ3) is 4.52. The summed E-state index contributed by atoms with van der Waals surface area (Å²) < 4.78 is 28.0. The molecule has 5 nitrogen and oxygen atoms in total. The number of hydrogen-bond donors (Lipinski definition) is 1. The number of rotatable bonds is 5. The first-order chi connectivity index (χ1) is 9.44. The predicted molar refractivity (Wildman–Crippen MR) is 76.4 cm³/mol. The second-order valence-electron chi connectivity index (χ2n) is 5.18. The van der Waals surface area contributed by atoms with Crippen LogP contribution in [0.5, 0.6) is 5.75 Å². The Morgan fingerprint density at radius 3 is 2.90 bits per heavy atom. The number of benzene rings is 1. The molecule has 1 unspecified atom stereocenters. The molecular weight excluding hydrogens is 278 g/mol. The van der Waals surface area contributed by atoms with Crippen LogP contribution in [-0.4, -0.2) is 39.0 Å². The summed E-state index contributed by atoms with van der Waals surface area (Å²) in [5.74, 6) is 0.863. The summed E-state index contributed by atoms with van der Waals surface area (Å²) in [4.78, 5) is 11.6. The van der Waals surface area contributed by atoms with Crippen LogP contribution in [0.4, 0.5) is 0 Å². The van der Waals surface area contributed by atoms with E-state index in [1.807, 2.05) is 25.1 Å². The van der Waals surface area contributed by atoms with Crippen molar-refractivity contribution in [1.82, 2.24) is 5.32 Å². The number of ether oxygens (including phenoxy) is 1. The molecule has 1 aliphatic rings. The van der Waals surface area contributed by atoms with Gasteiger partial charge in [0, 0.05) is 6.54 Å². The molecule has 0 bridgehead atoms. The Labute approximate surface area is 119 Å². The summed E-state index contributed by atoms with van der Waals surface area (Å²) in [6, 6.07) is 7.47. The zero-order chi connectivity index (χ0) is 14.6. The quantitative estimate of drug-likeness (QED) is 0.877. The molecule has 0 aliphatic carbocycles. The van der Waals surface area contributed by atoms with Crippen LogP contribution in [0.1, 0.15) is 12.0 Å². The molecule has 1 aromatic carbocycles. The van der Waals surface area contributed by atoms with Crippen molar-refractivity contribution in [3.63, 3.8) is 0 Å². The van der Waals surface area contributed by atoms with E-state index in [1.54, 1.807) is 6.07 Å². The van der Waals surface area contributed by atoms with Gasteiger partial charge in [-0.15, -0.1) is 0 Å². The van der Waals surface area contributed by atoms with Crippen molar-refractivity contribution in [3.05, 3.63) is 29.8 Å². The van der Waals surface area contributed by atoms with Gasteiger partial charge in [0.05, 0.1) is 11.5 Å². The standard InChI is InChI=1S/C14H19NO4S/c1-11-3-2-4-13(7-11)19-9-14(16)15-8-12-5-6-20(17,18)10-12/h2-4,7,12H,5-6,8-10H2,1H3,(H,15,16). The summed E-state index contributed by atoms with van der Waals surface area (Å²) in [5.41, 5.74) is 1.07. The van der Waals surface area contributed by atoms with Crippen molar-refractivity contribution in [2.24, 2.45) is 5.92 Å². The van der Waals surface area contributed by atoms with Crippen LogP contribution in [-0.2, 0) is 14.6 Å². The largest absolute Gasteiger partial charge is 0.484 e. The van der Waals surface area contributed by atoms with Gasteiger partial charge in [-0.25, -0.2) is 8.42 Å². The van der Waals surface area contributed by atoms with Crippen LogP contribution in [0, 0.1) is 12.8 Å². The number of amides is 1. The van der Waals surface area contributed by atoms with Crippen LogP contribution >= 0.6 is 0 Å². The average Bonchev–Trinajstić information content (AvgIpc) is 2.74. The fourth-order valence-electron chi connectivity index (χ4n) is 2.20. The normalized spacial score (nSPS) is 20.6. The Hall–Kier alpha value is -1.56. The first-order valence-electron chi connectivity index (χ1n) is 6.61. The van der Waals surface area contributed by atoms with Crippen LogP contribution in [0.15, 0.2) is 24.3 Å². The summed E-state index contributed by atoms with van der Waals surface area (Å²) in [6.07, 6.45) is 0.626. The van der Waals surface area contributed by atoms with Crippen molar-refractivity contribution in [2.45, 2.75) is 13.3 Å². The Kier molecular flexibility index (Phi) is 4.65. The van der Waals surface area contributed by atoms with Crippen molar-refractivity contribution >= 4 is 15.7 Å². The first-order valence-corrected chi connectivity index (χ1v) is 8.43. The van der Waals surface area contributed by atoms with E-state index in [1.165, 1.54) is 0 Å². The molecule has 1 aromatic rings. The molecular formula is C14H19NO4S. The third-order valence-electron chi connectivity index (χ3n) is 3.27. The van der Waals surface area contributed by atoms with E-state index in [0.717, 1.165) is 5.56 Å². The van der Waals surface area contributed by atoms with Gasteiger partial charge in [0.25, 0.3) is 5.91 Å². The van der Waals surface area contributed by atoms with Gasteiger partial charge in [-0.3, -0.25) is 4.79 Å². The van der Waals surface area contributed by atoms with Crippen molar-refractivity contribution in [3.8, 4) is 5.75 Å². The lowest BCUT2D eigenvalue weighted by molar-refractivity contribution is -0.123. The minimum absolute atomic E-state index is 0.0305. The molecule has 110 valence electrons. The third-order valence-corrected chi connectivity index (χ3v) is 5.11. The van der Waals surface area contributed by atoms with E-state index in [-0.39, 0.29) is 29.9 Å². The van der Waals surface area contributed by atoms with Crippen molar-refractivity contribution in [2.75, 3.05) is 24.7 Å². The molecule has 20 heavy (non-hydrogen) atoms. The lowest BCUT2D eigenvalue weighted by Gasteiger charge is -2.10. The maximum Gasteiger partial charge on any atom is 0.257 e. The second-order valence-corrected chi connectivity index (χ2v) is 7.41. The maximum absolute atomic E-state index is 11.6. The summed E-state index contributed by atoms with van der Waals surface area (Å²) >= 11 is 0. The van der Waals surface area contributed by atoms with Gasteiger partial charge < -0.3 is 10.1 Å². The van der Waals surface area contributed by atoms with Gasteiger partial charge in [0.1, 0.15) is 5.75 Å². The van der Waals surface area contributed by atoms with Gasteiger partial charge in [0.2, 0.25) is 0 Å². The first kappa shape index (κ1) is 14.8. The van der Waals surface area contributed by atoms with E-state index in [0.29, 0.717) is 18.7 Å². The summed E-state index contributed by atoms with van der Waals surface area (Å²) in [7, 11) is -2.89. The Bertz CT molecular complexity index is 583. The molecule has 0 aromatic heterocycles. The van der Waals surface area contributed by atoms with Crippen LogP contribution in [0.2, 0.25) is 0 Å². The average molecular weight is 297 g/mol. The van der Waals surface area contributed by atoms with E-state index < -0.39 is 9.84 Å². The van der Waals surface area contributed by atoms with E-state index in [9.17, 15) is 13.2 Å². The maximum atomic E-state index is 11.6. The van der Waals surface area contributed by atoms with Gasteiger partial charge >= 0.3 is 0 Å². The molecule has 1 fully saturated rings. The Balaban J connectivity index is 1.71. The number of hydrogen-bond acceptors (Lipinski definition) is 4. The molecule has 1 atom stereocenters. The minimum atomic E-state index is -2.89. The fraction of sp³-hybridized carbons (Fsp3) is 0.500. The smallest absolute Gasteiger partial charge is 0.257 e. The summed E-state index contributed by atoms with van der Waals surface area (Å²) in [6.45, 7) is 2.30. The lowest BCUT2D eigenvalue weighted by atomic mass is 10.1. The molecule has 0 saturated carbocycles. The van der Waals surface area contributed by atoms with Gasteiger partial charge in [0.15, 0.2) is 16.4 Å². The van der Waals surface area contributed by atoms with Gasteiger partial charge in [-0.05, 0) is 37.0 Å². The molecule has 1 amide bonds. The molecule has 1 saturated heterocycles. The molecule has 1 aliphatic heterocycles. The monoisotopic (exact) mass is 297 g/mol. The molecule has 0 spiro atoms. The second kappa shape index (κ2) is 6.26. The van der Waals surface area contributed by atoms with Crippen LogP contribution < -0.4 is 10.1 Å². The van der Waals surface area contributed by atoms with E-state index >= 15 is 0 Å². The molecule has 1 heterocycles. The van der Waals surface area contributed by atoms with Crippen molar-refractivity contribution < 1.29 is 17.9 Å². The van der Waals surface area contributed by atoms with E-state index in [2.05, 4.69) is 5.32 Å². The van der Waals surface area contributed by atoms with E-state index in [4.69, 9.17) is 4.74 Å². The number of aryl methyl sites for hydroxylation is 1. The zero-order valence-electron chi connectivity index (χ0n) is 11.5. The highest BCUT2D eigenvalue weighted by Crippen LogP contribution is 2.17. The molecule has 1 N–H and O–H groups in total. The van der Waals surface area contributed by atoms with Crippen LogP contribution in [0.3, 0.4) is 0 Å². The van der Waals surface area contributed by atoms with Crippen LogP contribution in [0.25, 0.3) is 0 Å². The highest BCUT2D eigenvalue weighted by Gasteiger charge is 2.27. The van der Waals surface area contributed by atoms with Gasteiger partial charge in [-0.2, -0.15) is 0 Å². The SMILES string of the molecule is Cc1cccc(OCC(=O)NCC2CCS(=O)(=O)C2)c1. The number of carbonyl (C=O) groups is 1. The Morgan fingerprint density at radius 2 is 2.25 bits per heavy atom. The highest BCUT2D eigenvalue weighted by molar-refractivity contribution is 7.91. The van der Waals surface area contributed by atoms with Gasteiger partial charge in [-0.1, -0.05) is 12.1 Å². The fourth-order valence-corrected chi connectivity index (χ4v) is 4.06. The minimum Gasteiger partial charge on any atom is -0.484 e.